The zero-order valence-corrected chi connectivity index (χ0v) is 10.8. The summed E-state index contributed by atoms with van der Waals surface area (Å²) in [6.07, 6.45) is 0. The molecule has 0 atom stereocenters. The van der Waals surface area contributed by atoms with Crippen molar-refractivity contribution in [2.45, 2.75) is 0 Å². The lowest BCUT2D eigenvalue weighted by Crippen LogP contribution is -1.91. The number of nitrogens with two attached hydrogens (primary N) is 1. The first-order valence-corrected chi connectivity index (χ1v) is 6.14. The average molecular weight is 306 g/mol. The van der Waals surface area contributed by atoms with Crippen LogP contribution < -0.4 is 5.73 Å². The molecule has 3 nitrogen and oxygen atoms in total. The molecule has 0 saturated carbocycles. The lowest BCUT2D eigenvalue weighted by molar-refractivity contribution is 0.632. The zero-order valence-electron chi connectivity index (χ0n) is 9.24. The maximum absolute atomic E-state index is 13.1. The molecule has 3 rings (SSSR count). The van der Waals surface area contributed by atoms with Gasteiger partial charge in [0.15, 0.2) is 0 Å². The Kier molecular flexibility index (Phi) is 2.56. The first-order valence-electron chi connectivity index (χ1n) is 5.35. The number of halogens is 2. The van der Waals surface area contributed by atoms with Crippen molar-refractivity contribution in [1.29, 1.82) is 0 Å². The first kappa shape index (κ1) is 11.2. The fourth-order valence-corrected chi connectivity index (χ4v) is 2.28. The molecular formula is C13H9BrFN3. The van der Waals surface area contributed by atoms with Crippen LogP contribution in [0.2, 0.25) is 0 Å². The summed E-state index contributed by atoms with van der Waals surface area (Å²) in [7, 11) is 0. The number of aromatic nitrogens is 2. The van der Waals surface area contributed by atoms with Crippen LogP contribution in [0.1, 0.15) is 0 Å². The van der Waals surface area contributed by atoms with Crippen molar-refractivity contribution >= 4 is 32.7 Å². The SMILES string of the molecule is Nc1cc(-c2nc3c(Br)cccc3[nH]2)ccc1F. The minimum atomic E-state index is -0.420. The Hall–Kier alpha value is -1.88. The van der Waals surface area contributed by atoms with E-state index in [1.165, 1.54) is 6.07 Å². The molecule has 5 heteroatoms. The molecule has 0 aliphatic rings. The van der Waals surface area contributed by atoms with E-state index in [4.69, 9.17) is 5.73 Å². The monoisotopic (exact) mass is 305 g/mol. The van der Waals surface area contributed by atoms with Gasteiger partial charge in [0.25, 0.3) is 0 Å². The third kappa shape index (κ3) is 1.76. The summed E-state index contributed by atoms with van der Waals surface area (Å²) in [5, 5.41) is 0. The second-order valence-electron chi connectivity index (χ2n) is 3.96. The molecule has 0 unspecified atom stereocenters. The molecule has 0 saturated heterocycles. The van der Waals surface area contributed by atoms with Gasteiger partial charge in [-0.25, -0.2) is 9.37 Å². The maximum Gasteiger partial charge on any atom is 0.146 e. The van der Waals surface area contributed by atoms with Gasteiger partial charge in [-0.05, 0) is 46.3 Å². The van der Waals surface area contributed by atoms with E-state index < -0.39 is 5.82 Å². The Balaban J connectivity index is 2.19. The fraction of sp³-hybridized carbons (Fsp3) is 0. The number of hydrogen-bond acceptors (Lipinski definition) is 2. The van der Waals surface area contributed by atoms with Crippen molar-refractivity contribution in [3.05, 3.63) is 46.7 Å². The van der Waals surface area contributed by atoms with E-state index in [-0.39, 0.29) is 5.69 Å². The van der Waals surface area contributed by atoms with Crippen LogP contribution in [-0.2, 0) is 0 Å². The number of nitrogens with zero attached hydrogens (tertiary/aromatic N) is 1. The normalized spacial score (nSPS) is 11.0. The molecule has 1 aromatic heterocycles. The standard InChI is InChI=1S/C13H9BrFN3/c14-8-2-1-3-11-12(8)18-13(17-11)7-4-5-9(15)10(16)6-7/h1-6H,16H2,(H,17,18). The maximum atomic E-state index is 13.1. The molecule has 0 bridgehead atoms. The summed E-state index contributed by atoms with van der Waals surface area (Å²) < 4.78 is 14.0. The average Bonchev–Trinajstić information content (AvgIpc) is 2.78. The first-order chi connectivity index (χ1) is 8.65. The highest BCUT2D eigenvalue weighted by Gasteiger charge is 2.09. The van der Waals surface area contributed by atoms with Gasteiger partial charge in [-0.1, -0.05) is 6.07 Å². The van der Waals surface area contributed by atoms with Gasteiger partial charge in [0.05, 0.1) is 11.2 Å². The summed E-state index contributed by atoms with van der Waals surface area (Å²) in [5.74, 6) is 0.250. The molecule has 3 aromatic rings. The van der Waals surface area contributed by atoms with Crippen LogP contribution in [0.25, 0.3) is 22.4 Å². The summed E-state index contributed by atoms with van der Waals surface area (Å²) >= 11 is 3.44. The van der Waals surface area contributed by atoms with Crippen LogP contribution in [0.3, 0.4) is 0 Å². The van der Waals surface area contributed by atoms with Crippen molar-refractivity contribution in [2.75, 3.05) is 5.73 Å². The number of fused-ring (bicyclic) bond motifs is 1. The Bertz CT molecular complexity index is 736. The number of para-hydroxylation sites is 1. The third-order valence-corrected chi connectivity index (χ3v) is 3.37. The number of nitrogens with one attached hydrogen (secondary N) is 1. The highest BCUT2D eigenvalue weighted by atomic mass is 79.9. The Labute approximate surface area is 111 Å². The van der Waals surface area contributed by atoms with E-state index >= 15 is 0 Å². The van der Waals surface area contributed by atoms with Crippen molar-refractivity contribution in [3.8, 4) is 11.4 Å². The van der Waals surface area contributed by atoms with Crippen molar-refractivity contribution in [2.24, 2.45) is 0 Å². The van der Waals surface area contributed by atoms with Crippen LogP contribution in [0.5, 0.6) is 0 Å². The third-order valence-electron chi connectivity index (χ3n) is 2.73. The molecule has 1 heterocycles. The van der Waals surface area contributed by atoms with Gasteiger partial charge in [0.2, 0.25) is 0 Å². The Morgan fingerprint density at radius 1 is 1.22 bits per heavy atom. The number of rotatable bonds is 1. The topological polar surface area (TPSA) is 54.7 Å². The molecule has 90 valence electrons. The number of aromatic amines is 1. The van der Waals surface area contributed by atoms with E-state index in [1.807, 2.05) is 18.2 Å². The molecule has 0 aliphatic heterocycles. The van der Waals surface area contributed by atoms with Crippen molar-refractivity contribution < 1.29 is 4.39 Å². The second-order valence-corrected chi connectivity index (χ2v) is 4.81. The molecule has 0 spiro atoms. The molecule has 0 radical (unpaired) electrons. The number of nitrogen functional groups attached to an aromatic ring is 1. The zero-order chi connectivity index (χ0) is 12.7. The molecule has 0 amide bonds. The van der Waals surface area contributed by atoms with E-state index in [0.717, 1.165) is 21.1 Å². The fourth-order valence-electron chi connectivity index (χ4n) is 1.82. The summed E-state index contributed by atoms with van der Waals surface area (Å²) in [6, 6.07) is 10.3. The summed E-state index contributed by atoms with van der Waals surface area (Å²) in [5.41, 5.74) is 8.20. The predicted octanol–water partition coefficient (Wildman–Crippen LogP) is 3.71. The molecule has 18 heavy (non-hydrogen) atoms. The molecule has 3 N–H and O–H groups in total. The predicted molar refractivity (Wildman–Crippen MR) is 73.6 cm³/mol. The highest BCUT2D eigenvalue weighted by Crippen LogP contribution is 2.27. The number of H-pyrrole nitrogens is 1. The largest absolute Gasteiger partial charge is 0.396 e. The Morgan fingerprint density at radius 2 is 2.06 bits per heavy atom. The van der Waals surface area contributed by atoms with Gasteiger partial charge in [0.1, 0.15) is 17.2 Å². The van der Waals surface area contributed by atoms with Gasteiger partial charge in [0, 0.05) is 10.0 Å². The van der Waals surface area contributed by atoms with Crippen LogP contribution in [0.15, 0.2) is 40.9 Å². The van der Waals surface area contributed by atoms with Gasteiger partial charge < -0.3 is 10.7 Å². The van der Waals surface area contributed by atoms with Crippen LogP contribution in [0, 0.1) is 5.82 Å². The smallest absolute Gasteiger partial charge is 0.146 e. The molecule has 0 aliphatic carbocycles. The van der Waals surface area contributed by atoms with Gasteiger partial charge in [-0.3, -0.25) is 0 Å². The van der Waals surface area contributed by atoms with Gasteiger partial charge >= 0.3 is 0 Å². The highest BCUT2D eigenvalue weighted by molar-refractivity contribution is 9.10. The van der Waals surface area contributed by atoms with Crippen molar-refractivity contribution in [3.63, 3.8) is 0 Å². The van der Waals surface area contributed by atoms with E-state index in [9.17, 15) is 4.39 Å². The number of imidazole rings is 1. The minimum absolute atomic E-state index is 0.118. The van der Waals surface area contributed by atoms with Crippen LogP contribution >= 0.6 is 15.9 Å². The van der Waals surface area contributed by atoms with Gasteiger partial charge in [-0.2, -0.15) is 0 Å². The van der Waals surface area contributed by atoms with Crippen LogP contribution in [-0.4, -0.2) is 9.97 Å². The Morgan fingerprint density at radius 3 is 2.78 bits per heavy atom. The van der Waals surface area contributed by atoms with Gasteiger partial charge in [-0.15, -0.1) is 0 Å². The molecule has 0 fully saturated rings. The number of anilines is 1. The number of hydrogen-bond donors (Lipinski definition) is 2. The second kappa shape index (κ2) is 4.10. The summed E-state index contributed by atoms with van der Waals surface area (Å²) in [6.45, 7) is 0. The lowest BCUT2D eigenvalue weighted by atomic mass is 10.2. The minimum Gasteiger partial charge on any atom is -0.396 e. The lowest BCUT2D eigenvalue weighted by Gasteiger charge is -1.99. The van der Waals surface area contributed by atoms with E-state index in [2.05, 4.69) is 25.9 Å². The van der Waals surface area contributed by atoms with Crippen LogP contribution in [0.4, 0.5) is 10.1 Å². The molecule has 2 aromatic carbocycles. The van der Waals surface area contributed by atoms with Crippen molar-refractivity contribution in [1.82, 2.24) is 9.97 Å². The number of benzene rings is 2. The summed E-state index contributed by atoms with van der Waals surface area (Å²) in [4.78, 5) is 7.65. The van der Waals surface area contributed by atoms with E-state index in [0.29, 0.717) is 5.82 Å². The molecular weight excluding hydrogens is 297 g/mol. The quantitative estimate of drug-likeness (QED) is 0.673. The van der Waals surface area contributed by atoms with E-state index in [1.54, 1.807) is 12.1 Å².